The Morgan fingerprint density at radius 2 is 1.84 bits per heavy atom. The van der Waals surface area contributed by atoms with E-state index in [1.807, 2.05) is 30.3 Å². The van der Waals surface area contributed by atoms with E-state index in [1.54, 1.807) is 30.0 Å². The largest absolute Gasteiger partial charge is 0.366 e. The Morgan fingerprint density at radius 1 is 1.08 bits per heavy atom. The van der Waals surface area contributed by atoms with Gasteiger partial charge in [0.05, 0.1) is 18.2 Å². The van der Waals surface area contributed by atoms with Crippen molar-refractivity contribution in [3.05, 3.63) is 71.0 Å². The Morgan fingerprint density at radius 3 is 2.56 bits per heavy atom. The maximum atomic E-state index is 14.4. The molecule has 4 heteroatoms. The van der Waals surface area contributed by atoms with Gasteiger partial charge < -0.3 is 9.64 Å². The SMILES string of the molecule is Cc1cccc(C(=O)N2C[C@@H](c3ccccc3)O[C@@H](C3CC3)C2)c1F. The summed E-state index contributed by atoms with van der Waals surface area (Å²) in [5.74, 6) is -0.140. The number of carbonyl (C=O) groups is 1. The average molecular weight is 339 g/mol. The summed E-state index contributed by atoms with van der Waals surface area (Å²) >= 11 is 0. The molecule has 25 heavy (non-hydrogen) atoms. The number of amides is 1. The average Bonchev–Trinajstić information content (AvgIpc) is 3.49. The molecule has 2 aliphatic rings. The van der Waals surface area contributed by atoms with Crippen LogP contribution in [-0.4, -0.2) is 30.0 Å². The normalized spacial score (nSPS) is 23.5. The molecule has 0 unspecified atom stereocenters. The predicted octanol–water partition coefficient (Wildman–Crippen LogP) is 4.13. The summed E-state index contributed by atoms with van der Waals surface area (Å²) in [4.78, 5) is 14.7. The highest BCUT2D eigenvalue weighted by Crippen LogP contribution is 2.39. The topological polar surface area (TPSA) is 29.5 Å². The van der Waals surface area contributed by atoms with E-state index in [4.69, 9.17) is 4.74 Å². The fourth-order valence-electron chi connectivity index (χ4n) is 3.52. The summed E-state index contributed by atoms with van der Waals surface area (Å²) in [6.45, 7) is 2.69. The molecule has 4 rings (SSSR count). The maximum Gasteiger partial charge on any atom is 0.257 e. The van der Waals surface area contributed by atoms with Gasteiger partial charge in [-0.1, -0.05) is 42.5 Å². The second kappa shape index (κ2) is 6.60. The first-order valence-electron chi connectivity index (χ1n) is 8.88. The molecule has 1 aliphatic heterocycles. The zero-order valence-electron chi connectivity index (χ0n) is 14.3. The van der Waals surface area contributed by atoms with Crippen LogP contribution in [0.3, 0.4) is 0 Å². The molecule has 1 saturated heterocycles. The molecule has 3 nitrogen and oxygen atoms in total. The molecule has 1 amide bonds. The Hall–Kier alpha value is -2.20. The summed E-state index contributed by atoms with van der Waals surface area (Å²) in [6.07, 6.45) is 2.17. The van der Waals surface area contributed by atoms with Crippen molar-refractivity contribution in [1.82, 2.24) is 4.90 Å². The minimum atomic E-state index is -0.418. The molecule has 0 N–H and O–H groups in total. The van der Waals surface area contributed by atoms with Crippen molar-refractivity contribution >= 4 is 5.91 Å². The first-order chi connectivity index (χ1) is 12.1. The number of hydrogen-bond donors (Lipinski definition) is 0. The van der Waals surface area contributed by atoms with Gasteiger partial charge in [0.25, 0.3) is 5.91 Å². The second-order valence-electron chi connectivity index (χ2n) is 7.06. The first-order valence-corrected chi connectivity index (χ1v) is 8.88. The van der Waals surface area contributed by atoms with Crippen molar-refractivity contribution in [3.8, 4) is 0 Å². The number of carbonyl (C=O) groups excluding carboxylic acids is 1. The van der Waals surface area contributed by atoms with Gasteiger partial charge in [-0.2, -0.15) is 0 Å². The zero-order chi connectivity index (χ0) is 17.4. The van der Waals surface area contributed by atoms with Crippen molar-refractivity contribution in [2.24, 2.45) is 5.92 Å². The molecule has 2 aromatic carbocycles. The molecule has 2 aromatic rings. The van der Waals surface area contributed by atoms with Gasteiger partial charge in [-0.25, -0.2) is 4.39 Å². The third-order valence-electron chi connectivity index (χ3n) is 5.15. The number of benzene rings is 2. The summed E-state index contributed by atoms with van der Waals surface area (Å²) in [7, 11) is 0. The molecule has 1 saturated carbocycles. The highest BCUT2D eigenvalue weighted by molar-refractivity contribution is 5.94. The molecule has 2 fully saturated rings. The quantitative estimate of drug-likeness (QED) is 0.842. The minimum Gasteiger partial charge on any atom is -0.366 e. The fourth-order valence-corrected chi connectivity index (χ4v) is 3.52. The third kappa shape index (κ3) is 3.31. The molecule has 1 aliphatic carbocycles. The lowest BCUT2D eigenvalue weighted by molar-refractivity contribution is -0.0864. The van der Waals surface area contributed by atoms with E-state index in [0.717, 1.165) is 18.4 Å². The summed E-state index contributed by atoms with van der Waals surface area (Å²) in [5, 5.41) is 0. The van der Waals surface area contributed by atoms with Crippen LogP contribution in [0, 0.1) is 18.7 Å². The molecule has 0 bridgehead atoms. The minimum absolute atomic E-state index is 0.0378. The molecule has 2 atom stereocenters. The van der Waals surface area contributed by atoms with E-state index in [1.165, 1.54) is 0 Å². The van der Waals surface area contributed by atoms with Crippen molar-refractivity contribution in [2.75, 3.05) is 13.1 Å². The van der Waals surface area contributed by atoms with Crippen LogP contribution >= 0.6 is 0 Å². The van der Waals surface area contributed by atoms with Gasteiger partial charge >= 0.3 is 0 Å². The number of rotatable bonds is 3. The van der Waals surface area contributed by atoms with E-state index < -0.39 is 5.82 Å². The number of morpholine rings is 1. The van der Waals surface area contributed by atoms with E-state index in [0.29, 0.717) is 24.6 Å². The van der Waals surface area contributed by atoms with E-state index >= 15 is 0 Å². The standard InChI is InChI=1S/C21H22FNO2/c1-14-6-5-9-17(20(14)22)21(24)23-12-18(15-7-3-2-4-8-15)25-19(13-23)16-10-11-16/h2-9,16,18-19H,10-13H2,1H3/t18-,19+/m0/s1. The Balaban J connectivity index is 1.61. The van der Waals surface area contributed by atoms with Crippen LogP contribution in [0.5, 0.6) is 0 Å². The van der Waals surface area contributed by atoms with Gasteiger partial charge in [-0.3, -0.25) is 4.79 Å². The van der Waals surface area contributed by atoms with Gasteiger partial charge in [-0.05, 0) is 42.9 Å². The van der Waals surface area contributed by atoms with E-state index in [-0.39, 0.29) is 23.7 Å². The molecule has 0 spiro atoms. The number of nitrogens with zero attached hydrogens (tertiary/aromatic N) is 1. The fraction of sp³-hybridized carbons (Fsp3) is 0.381. The van der Waals surface area contributed by atoms with Gasteiger partial charge in [0.15, 0.2) is 0 Å². The number of ether oxygens (including phenoxy) is 1. The van der Waals surface area contributed by atoms with Crippen LogP contribution in [0.25, 0.3) is 0 Å². The zero-order valence-corrected chi connectivity index (χ0v) is 14.3. The van der Waals surface area contributed by atoms with Crippen LogP contribution < -0.4 is 0 Å². The lowest BCUT2D eigenvalue weighted by Crippen LogP contribution is -2.48. The monoisotopic (exact) mass is 339 g/mol. The van der Waals surface area contributed by atoms with E-state index in [9.17, 15) is 9.18 Å². The van der Waals surface area contributed by atoms with Crippen LogP contribution in [0.2, 0.25) is 0 Å². The van der Waals surface area contributed by atoms with Crippen molar-refractivity contribution < 1.29 is 13.9 Å². The molecule has 130 valence electrons. The van der Waals surface area contributed by atoms with Gasteiger partial charge in [0, 0.05) is 6.54 Å². The molecular weight excluding hydrogens is 317 g/mol. The van der Waals surface area contributed by atoms with Gasteiger partial charge in [0.1, 0.15) is 11.9 Å². The number of hydrogen-bond acceptors (Lipinski definition) is 2. The van der Waals surface area contributed by atoms with Crippen LogP contribution in [0.15, 0.2) is 48.5 Å². The molecule has 1 heterocycles. The van der Waals surface area contributed by atoms with Crippen LogP contribution in [-0.2, 0) is 4.74 Å². The maximum absolute atomic E-state index is 14.4. The smallest absolute Gasteiger partial charge is 0.257 e. The van der Waals surface area contributed by atoms with E-state index in [2.05, 4.69) is 0 Å². The second-order valence-corrected chi connectivity index (χ2v) is 7.06. The summed E-state index contributed by atoms with van der Waals surface area (Å²) in [5.41, 5.74) is 1.72. The van der Waals surface area contributed by atoms with Crippen molar-refractivity contribution in [2.45, 2.75) is 32.0 Å². The number of aryl methyl sites for hydroxylation is 1. The Kier molecular flexibility index (Phi) is 4.30. The summed E-state index contributed by atoms with van der Waals surface area (Å²) < 4.78 is 20.7. The highest BCUT2D eigenvalue weighted by atomic mass is 19.1. The first kappa shape index (κ1) is 16.3. The molecular formula is C21H22FNO2. The van der Waals surface area contributed by atoms with Crippen molar-refractivity contribution in [1.29, 1.82) is 0 Å². The highest BCUT2D eigenvalue weighted by Gasteiger charge is 2.40. The van der Waals surface area contributed by atoms with Gasteiger partial charge in [0.2, 0.25) is 0 Å². The Bertz CT molecular complexity index is 773. The predicted molar refractivity (Wildman–Crippen MR) is 93.8 cm³/mol. The Labute approximate surface area is 147 Å². The van der Waals surface area contributed by atoms with Crippen LogP contribution in [0.4, 0.5) is 4.39 Å². The third-order valence-corrected chi connectivity index (χ3v) is 5.15. The van der Waals surface area contributed by atoms with Crippen LogP contribution in [0.1, 0.15) is 40.4 Å². The summed E-state index contributed by atoms with van der Waals surface area (Å²) in [6, 6.07) is 15.0. The molecule has 0 aromatic heterocycles. The lowest BCUT2D eigenvalue weighted by atomic mass is 10.0. The van der Waals surface area contributed by atoms with Gasteiger partial charge in [-0.15, -0.1) is 0 Å². The van der Waals surface area contributed by atoms with Crippen molar-refractivity contribution in [3.63, 3.8) is 0 Å². The molecule has 0 radical (unpaired) electrons. The number of halogens is 1. The lowest BCUT2D eigenvalue weighted by Gasteiger charge is -2.38.